The number of aromatic nitrogens is 4. The van der Waals surface area contributed by atoms with Gasteiger partial charge in [-0.1, -0.05) is 30.3 Å². The first-order chi connectivity index (χ1) is 13.5. The van der Waals surface area contributed by atoms with Crippen molar-refractivity contribution in [3.63, 3.8) is 0 Å². The number of nitrogens with one attached hydrogen (secondary N) is 1. The van der Waals surface area contributed by atoms with Gasteiger partial charge in [-0.3, -0.25) is 0 Å². The average Bonchev–Trinajstić information content (AvgIpc) is 3.43. The minimum Gasteiger partial charge on any atom is -0.489 e. The first-order valence-electron chi connectivity index (χ1n) is 9.10. The van der Waals surface area contributed by atoms with Gasteiger partial charge in [0.15, 0.2) is 5.82 Å². The van der Waals surface area contributed by atoms with Crippen molar-refractivity contribution in [1.82, 2.24) is 24.9 Å². The van der Waals surface area contributed by atoms with Crippen LogP contribution in [-0.2, 0) is 16.6 Å². The molecule has 1 aliphatic carbocycles. The largest absolute Gasteiger partial charge is 0.489 e. The van der Waals surface area contributed by atoms with E-state index in [1.54, 1.807) is 23.7 Å². The van der Waals surface area contributed by atoms with Gasteiger partial charge < -0.3 is 4.74 Å². The summed E-state index contributed by atoms with van der Waals surface area (Å²) < 4.78 is 35.4. The Morgan fingerprint density at radius 1 is 1.14 bits per heavy atom. The maximum atomic E-state index is 12.7. The molecule has 1 aromatic heterocycles. The van der Waals surface area contributed by atoms with Crippen LogP contribution in [0.15, 0.2) is 59.5 Å². The molecule has 0 saturated heterocycles. The molecule has 0 bridgehead atoms. The molecule has 146 valence electrons. The molecule has 4 rings (SSSR count). The summed E-state index contributed by atoms with van der Waals surface area (Å²) in [6.07, 6.45) is 2.03. The Bertz CT molecular complexity index is 1030. The fourth-order valence-corrected chi connectivity index (χ4v) is 4.08. The average molecular weight is 399 g/mol. The SMILES string of the molecule is CC(NS(=O)(=O)c1ccc(OCc2ccccc2)cc1)c1nnnn1C1CC1. The Morgan fingerprint density at radius 3 is 2.54 bits per heavy atom. The van der Waals surface area contributed by atoms with E-state index in [-0.39, 0.29) is 10.9 Å². The summed E-state index contributed by atoms with van der Waals surface area (Å²) in [4.78, 5) is 0.164. The molecule has 1 unspecified atom stereocenters. The Hall–Kier alpha value is -2.78. The molecular formula is C19H21N5O3S. The van der Waals surface area contributed by atoms with E-state index in [0.717, 1.165) is 18.4 Å². The molecule has 1 aliphatic rings. The molecule has 1 N–H and O–H groups in total. The molecule has 0 amide bonds. The minimum atomic E-state index is -3.71. The van der Waals surface area contributed by atoms with Gasteiger partial charge >= 0.3 is 0 Å². The van der Waals surface area contributed by atoms with E-state index in [2.05, 4.69) is 20.2 Å². The predicted octanol–water partition coefficient (Wildman–Crippen LogP) is 2.63. The second kappa shape index (κ2) is 7.69. The van der Waals surface area contributed by atoms with Crippen molar-refractivity contribution in [1.29, 1.82) is 0 Å². The van der Waals surface area contributed by atoms with E-state index >= 15 is 0 Å². The van der Waals surface area contributed by atoms with Crippen LogP contribution in [0.2, 0.25) is 0 Å². The third-order valence-corrected chi connectivity index (χ3v) is 6.07. The first kappa shape index (κ1) is 18.6. The number of sulfonamides is 1. The van der Waals surface area contributed by atoms with E-state index in [1.807, 2.05) is 30.3 Å². The molecule has 0 aliphatic heterocycles. The number of nitrogens with zero attached hydrogens (tertiary/aromatic N) is 4. The highest BCUT2D eigenvalue weighted by atomic mass is 32.2. The molecule has 0 radical (unpaired) electrons. The number of rotatable bonds is 8. The molecule has 1 atom stereocenters. The maximum Gasteiger partial charge on any atom is 0.241 e. The fourth-order valence-electron chi connectivity index (χ4n) is 2.87. The maximum absolute atomic E-state index is 12.7. The summed E-state index contributed by atoms with van der Waals surface area (Å²) in [5.41, 5.74) is 1.04. The van der Waals surface area contributed by atoms with Crippen molar-refractivity contribution in [3.8, 4) is 5.75 Å². The summed E-state index contributed by atoms with van der Waals surface area (Å²) in [6.45, 7) is 2.16. The van der Waals surface area contributed by atoms with Crippen LogP contribution in [0.1, 0.15) is 43.2 Å². The highest BCUT2D eigenvalue weighted by molar-refractivity contribution is 7.89. The summed E-state index contributed by atoms with van der Waals surface area (Å²) in [6, 6.07) is 15.9. The summed E-state index contributed by atoms with van der Waals surface area (Å²) >= 11 is 0. The molecule has 3 aromatic rings. The van der Waals surface area contributed by atoms with Crippen LogP contribution < -0.4 is 9.46 Å². The van der Waals surface area contributed by atoms with Gasteiger partial charge in [-0.25, -0.2) is 17.8 Å². The lowest BCUT2D eigenvalue weighted by Crippen LogP contribution is -2.29. The molecule has 1 fully saturated rings. The zero-order valence-corrected chi connectivity index (χ0v) is 16.2. The van der Waals surface area contributed by atoms with Crippen LogP contribution in [0.5, 0.6) is 5.75 Å². The number of hydrogen-bond donors (Lipinski definition) is 1. The second-order valence-electron chi connectivity index (χ2n) is 6.80. The third kappa shape index (κ3) is 4.20. The van der Waals surface area contributed by atoms with Gasteiger partial charge in [0.05, 0.1) is 17.0 Å². The lowest BCUT2D eigenvalue weighted by atomic mass is 10.2. The van der Waals surface area contributed by atoms with E-state index in [4.69, 9.17) is 4.74 Å². The van der Waals surface area contributed by atoms with E-state index in [1.165, 1.54) is 12.1 Å². The quantitative estimate of drug-likeness (QED) is 0.625. The number of ether oxygens (including phenoxy) is 1. The second-order valence-corrected chi connectivity index (χ2v) is 8.52. The van der Waals surface area contributed by atoms with Crippen molar-refractivity contribution in [2.45, 2.75) is 43.4 Å². The molecule has 8 nitrogen and oxygen atoms in total. The van der Waals surface area contributed by atoms with E-state index in [0.29, 0.717) is 18.2 Å². The third-order valence-electron chi connectivity index (χ3n) is 4.51. The zero-order valence-electron chi connectivity index (χ0n) is 15.4. The Balaban J connectivity index is 1.41. The minimum absolute atomic E-state index is 0.164. The summed E-state index contributed by atoms with van der Waals surface area (Å²) in [5.74, 6) is 1.13. The number of hydrogen-bond acceptors (Lipinski definition) is 6. The van der Waals surface area contributed by atoms with Crippen molar-refractivity contribution in [2.75, 3.05) is 0 Å². The highest BCUT2D eigenvalue weighted by Gasteiger charge is 2.31. The van der Waals surface area contributed by atoms with Gasteiger partial charge in [0.2, 0.25) is 10.0 Å². The van der Waals surface area contributed by atoms with Crippen molar-refractivity contribution in [2.24, 2.45) is 0 Å². The molecular weight excluding hydrogens is 378 g/mol. The van der Waals surface area contributed by atoms with Crippen molar-refractivity contribution in [3.05, 3.63) is 66.0 Å². The van der Waals surface area contributed by atoms with Crippen LogP contribution >= 0.6 is 0 Å². The van der Waals surface area contributed by atoms with Crippen molar-refractivity contribution < 1.29 is 13.2 Å². The molecule has 1 heterocycles. The Morgan fingerprint density at radius 2 is 1.86 bits per heavy atom. The normalized spacial score (nSPS) is 15.3. The van der Waals surface area contributed by atoms with Gasteiger partial charge in [0.25, 0.3) is 0 Å². The molecule has 9 heteroatoms. The van der Waals surface area contributed by atoms with Gasteiger partial charge in [-0.2, -0.15) is 0 Å². The summed E-state index contributed by atoms with van der Waals surface area (Å²) in [7, 11) is -3.71. The lowest BCUT2D eigenvalue weighted by molar-refractivity contribution is 0.306. The molecule has 1 saturated carbocycles. The van der Waals surface area contributed by atoms with Crippen LogP contribution in [0.25, 0.3) is 0 Å². The van der Waals surface area contributed by atoms with Gasteiger partial charge in [0, 0.05) is 0 Å². The number of benzene rings is 2. The summed E-state index contributed by atoms with van der Waals surface area (Å²) in [5, 5.41) is 11.6. The monoisotopic (exact) mass is 399 g/mol. The van der Waals surface area contributed by atoms with E-state index in [9.17, 15) is 8.42 Å². The molecule has 28 heavy (non-hydrogen) atoms. The Kier molecular flexibility index (Phi) is 5.10. The van der Waals surface area contributed by atoms with Crippen molar-refractivity contribution >= 4 is 10.0 Å². The topological polar surface area (TPSA) is 99.0 Å². The van der Waals surface area contributed by atoms with Crippen LogP contribution in [-0.4, -0.2) is 28.6 Å². The highest BCUT2D eigenvalue weighted by Crippen LogP contribution is 2.35. The van der Waals surface area contributed by atoms with Crippen LogP contribution in [0.4, 0.5) is 0 Å². The lowest BCUT2D eigenvalue weighted by Gasteiger charge is -2.14. The smallest absolute Gasteiger partial charge is 0.241 e. The molecule has 2 aromatic carbocycles. The van der Waals surface area contributed by atoms with Crippen LogP contribution in [0, 0.1) is 0 Å². The van der Waals surface area contributed by atoms with Gasteiger partial charge in [0.1, 0.15) is 12.4 Å². The number of tetrazole rings is 1. The molecule has 0 spiro atoms. The Labute approximate surface area is 163 Å². The van der Waals surface area contributed by atoms with Gasteiger partial charge in [-0.15, -0.1) is 5.10 Å². The predicted molar refractivity (Wildman–Crippen MR) is 102 cm³/mol. The standard InChI is InChI=1S/C19H21N5O3S/c1-14(19-20-22-23-24(19)16-7-8-16)21-28(25,26)18-11-9-17(10-12-18)27-13-15-5-3-2-4-6-15/h2-6,9-12,14,16,21H,7-8,13H2,1H3. The first-order valence-corrected chi connectivity index (χ1v) is 10.6. The van der Waals surface area contributed by atoms with E-state index < -0.39 is 16.1 Å². The zero-order chi connectivity index (χ0) is 19.6. The fraction of sp³-hybridized carbons (Fsp3) is 0.316. The van der Waals surface area contributed by atoms with Gasteiger partial charge in [-0.05, 0) is 60.0 Å². The van der Waals surface area contributed by atoms with Crippen LogP contribution in [0.3, 0.4) is 0 Å².